The molecule has 1 N–H and O–H groups in total. The summed E-state index contributed by atoms with van der Waals surface area (Å²) in [7, 11) is 0. The van der Waals surface area contributed by atoms with Gasteiger partial charge in [-0.1, -0.05) is 68.4 Å². The van der Waals surface area contributed by atoms with Gasteiger partial charge in [0.1, 0.15) is 0 Å². The average molecular weight is 316 g/mol. The van der Waals surface area contributed by atoms with Gasteiger partial charge in [-0.05, 0) is 40.5 Å². The molecule has 0 heterocycles. The summed E-state index contributed by atoms with van der Waals surface area (Å²) in [6.45, 7) is 4.14. The molecule has 0 bridgehead atoms. The zero-order chi connectivity index (χ0) is 16.9. The maximum Gasteiger partial charge on any atom is 0.271 e. The summed E-state index contributed by atoms with van der Waals surface area (Å²) in [6.07, 6.45) is 0. The summed E-state index contributed by atoms with van der Waals surface area (Å²) in [5, 5.41) is 6.75. The third-order valence-corrected chi connectivity index (χ3v) is 3.91. The van der Waals surface area contributed by atoms with Gasteiger partial charge in [-0.25, -0.2) is 5.43 Å². The zero-order valence-corrected chi connectivity index (χ0v) is 13.9. The summed E-state index contributed by atoms with van der Waals surface area (Å²) in [4.78, 5) is 12.2. The number of nitrogens with one attached hydrogen (secondary N) is 1. The zero-order valence-electron chi connectivity index (χ0n) is 13.9. The first-order valence-corrected chi connectivity index (χ1v) is 8.07. The number of fused-ring (bicyclic) bond motifs is 1. The van der Waals surface area contributed by atoms with Gasteiger partial charge in [0, 0.05) is 5.56 Å². The number of carbonyl (C=O) groups excluding carboxylic acids is 1. The van der Waals surface area contributed by atoms with Gasteiger partial charge >= 0.3 is 0 Å². The van der Waals surface area contributed by atoms with E-state index in [4.69, 9.17) is 0 Å². The number of rotatable bonds is 4. The van der Waals surface area contributed by atoms with Gasteiger partial charge in [0.25, 0.3) is 5.91 Å². The normalized spacial score (nSPS) is 11.7. The Hall–Kier alpha value is -2.94. The van der Waals surface area contributed by atoms with E-state index in [0.717, 1.165) is 16.7 Å². The second-order valence-electron chi connectivity index (χ2n) is 6.02. The summed E-state index contributed by atoms with van der Waals surface area (Å²) in [6, 6.07) is 23.6. The highest BCUT2D eigenvalue weighted by molar-refractivity contribution is 6.05. The van der Waals surface area contributed by atoms with E-state index < -0.39 is 0 Å². The van der Waals surface area contributed by atoms with Gasteiger partial charge in [0.2, 0.25) is 0 Å². The molecule has 0 aliphatic heterocycles. The van der Waals surface area contributed by atoms with Crippen molar-refractivity contribution in [3.63, 3.8) is 0 Å². The molecule has 1 amide bonds. The Labute approximate surface area is 142 Å². The molecule has 0 aromatic heterocycles. The van der Waals surface area contributed by atoms with Crippen LogP contribution in [0.3, 0.4) is 0 Å². The predicted molar refractivity (Wildman–Crippen MR) is 99.2 cm³/mol. The van der Waals surface area contributed by atoms with E-state index in [1.54, 1.807) is 12.1 Å². The van der Waals surface area contributed by atoms with E-state index in [-0.39, 0.29) is 11.8 Å². The standard InChI is InChI=1S/C21H20N2O/c1-15(2)20(22-23-21(24)17-9-4-3-5-10-17)19-13-12-16-8-6-7-11-18(16)14-19/h3-15H,1-2H3,(H,23,24)/b22-20+. The topological polar surface area (TPSA) is 41.5 Å². The van der Waals surface area contributed by atoms with E-state index in [9.17, 15) is 4.79 Å². The maximum absolute atomic E-state index is 12.2. The van der Waals surface area contributed by atoms with Crippen LogP contribution in [0.15, 0.2) is 77.9 Å². The van der Waals surface area contributed by atoms with E-state index in [2.05, 4.69) is 54.7 Å². The van der Waals surface area contributed by atoms with Crippen molar-refractivity contribution in [2.75, 3.05) is 0 Å². The first-order valence-electron chi connectivity index (χ1n) is 8.07. The fourth-order valence-electron chi connectivity index (χ4n) is 2.64. The molecule has 0 radical (unpaired) electrons. The van der Waals surface area contributed by atoms with Gasteiger partial charge in [-0.2, -0.15) is 5.10 Å². The monoisotopic (exact) mass is 316 g/mol. The quantitative estimate of drug-likeness (QED) is 0.553. The molecule has 0 aliphatic rings. The lowest BCUT2D eigenvalue weighted by Gasteiger charge is -2.12. The van der Waals surface area contributed by atoms with Gasteiger partial charge in [0.05, 0.1) is 5.71 Å². The Bertz CT molecular complexity index is 882. The number of carbonyl (C=O) groups is 1. The minimum Gasteiger partial charge on any atom is -0.267 e. The second kappa shape index (κ2) is 7.09. The van der Waals surface area contributed by atoms with Crippen LogP contribution in [0.5, 0.6) is 0 Å². The van der Waals surface area contributed by atoms with Crippen molar-refractivity contribution in [3.8, 4) is 0 Å². The Balaban J connectivity index is 1.89. The number of hydrogen-bond donors (Lipinski definition) is 1. The fraction of sp³-hybridized carbons (Fsp3) is 0.143. The lowest BCUT2D eigenvalue weighted by Crippen LogP contribution is -2.22. The maximum atomic E-state index is 12.2. The smallest absolute Gasteiger partial charge is 0.267 e. The van der Waals surface area contributed by atoms with Crippen molar-refractivity contribution in [2.45, 2.75) is 13.8 Å². The van der Waals surface area contributed by atoms with Crippen molar-refractivity contribution in [2.24, 2.45) is 11.0 Å². The molecule has 120 valence electrons. The molecule has 0 spiro atoms. The largest absolute Gasteiger partial charge is 0.271 e. The van der Waals surface area contributed by atoms with Crippen LogP contribution < -0.4 is 5.43 Å². The lowest BCUT2D eigenvalue weighted by atomic mass is 9.97. The van der Waals surface area contributed by atoms with Crippen LogP contribution in [-0.4, -0.2) is 11.6 Å². The number of amides is 1. The van der Waals surface area contributed by atoms with Gasteiger partial charge in [-0.3, -0.25) is 4.79 Å². The van der Waals surface area contributed by atoms with Crippen LogP contribution in [0.2, 0.25) is 0 Å². The molecule has 0 fully saturated rings. The highest BCUT2D eigenvalue weighted by Gasteiger charge is 2.11. The van der Waals surface area contributed by atoms with Crippen LogP contribution in [0.25, 0.3) is 10.8 Å². The average Bonchev–Trinajstić information content (AvgIpc) is 2.62. The first-order chi connectivity index (χ1) is 11.6. The van der Waals surface area contributed by atoms with Crippen molar-refractivity contribution >= 4 is 22.4 Å². The van der Waals surface area contributed by atoms with Crippen molar-refractivity contribution in [3.05, 3.63) is 83.9 Å². The molecule has 3 aromatic rings. The molecule has 3 nitrogen and oxygen atoms in total. The molecule has 0 saturated carbocycles. The molecule has 0 saturated heterocycles. The van der Waals surface area contributed by atoms with Crippen molar-refractivity contribution in [1.82, 2.24) is 5.43 Å². The number of hydrogen-bond acceptors (Lipinski definition) is 2. The third kappa shape index (κ3) is 3.51. The van der Waals surface area contributed by atoms with Crippen LogP contribution >= 0.6 is 0 Å². The lowest BCUT2D eigenvalue weighted by molar-refractivity contribution is 0.0954. The van der Waals surface area contributed by atoms with Gasteiger partial charge in [0.15, 0.2) is 0 Å². The predicted octanol–water partition coefficient (Wildman–Crippen LogP) is 4.63. The van der Waals surface area contributed by atoms with Gasteiger partial charge < -0.3 is 0 Å². The van der Waals surface area contributed by atoms with Gasteiger partial charge in [-0.15, -0.1) is 0 Å². The molecular weight excluding hydrogens is 296 g/mol. The van der Waals surface area contributed by atoms with E-state index in [1.165, 1.54) is 5.39 Å². The Morgan fingerprint density at radius 2 is 1.50 bits per heavy atom. The number of hydrazone groups is 1. The molecule has 24 heavy (non-hydrogen) atoms. The number of nitrogens with zero attached hydrogens (tertiary/aromatic N) is 1. The fourth-order valence-corrected chi connectivity index (χ4v) is 2.64. The van der Waals surface area contributed by atoms with Crippen LogP contribution in [0, 0.1) is 5.92 Å². The summed E-state index contributed by atoms with van der Waals surface area (Å²) in [5.41, 5.74) is 5.17. The van der Waals surface area contributed by atoms with Crippen LogP contribution in [0.4, 0.5) is 0 Å². The molecule has 0 atom stereocenters. The van der Waals surface area contributed by atoms with E-state index in [0.29, 0.717) is 5.56 Å². The molecular formula is C21H20N2O. The van der Waals surface area contributed by atoms with Crippen LogP contribution in [-0.2, 0) is 0 Å². The minimum atomic E-state index is -0.200. The van der Waals surface area contributed by atoms with Crippen LogP contribution in [0.1, 0.15) is 29.8 Å². The molecule has 0 aliphatic carbocycles. The van der Waals surface area contributed by atoms with Crippen molar-refractivity contribution in [1.29, 1.82) is 0 Å². The minimum absolute atomic E-state index is 0.197. The van der Waals surface area contributed by atoms with E-state index >= 15 is 0 Å². The van der Waals surface area contributed by atoms with Crippen molar-refractivity contribution < 1.29 is 4.79 Å². The molecule has 0 unspecified atom stereocenters. The summed E-state index contributed by atoms with van der Waals surface area (Å²) >= 11 is 0. The van der Waals surface area contributed by atoms with E-state index in [1.807, 2.05) is 30.3 Å². The highest BCUT2D eigenvalue weighted by atomic mass is 16.2. The number of benzene rings is 3. The first kappa shape index (κ1) is 15.9. The SMILES string of the molecule is CC(C)/C(=N\NC(=O)c1ccccc1)c1ccc2ccccc2c1. The molecule has 3 aromatic carbocycles. The molecule has 3 heteroatoms. The second-order valence-corrected chi connectivity index (χ2v) is 6.02. The molecule has 3 rings (SSSR count). The Morgan fingerprint density at radius 1 is 0.833 bits per heavy atom. The summed E-state index contributed by atoms with van der Waals surface area (Å²) < 4.78 is 0. The Kier molecular flexibility index (Phi) is 4.71. The summed E-state index contributed by atoms with van der Waals surface area (Å²) in [5.74, 6) is -0.00299. The highest BCUT2D eigenvalue weighted by Crippen LogP contribution is 2.18. The third-order valence-electron chi connectivity index (χ3n) is 3.91. The Morgan fingerprint density at radius 3 is 2.21 bits per heavy atom.